The zero-order valence-electron chi connectivity index (χ0n) is 7.35. The molecule has 0 aromatic heterocycles. The van der Waals surface area contributed by atoms with E-state index in [-0.39, 0.29) is 15.9 Å². The molecule has 1 saturated heterocycles. The molecular weight excluding hydrogens is 251 g/mol. The molecular formula is C6H13Cl3OSi2. The number of hydrogen-bond donors (Lipinski definition) is 0. The van der Waals surface area contributed by atoms with E-state index in [0.29, 0.717) is 0 Å². The number of halogens is 3. The van der Waals surface area contributed by atoms with Crippen molar-refractivity contribution in [3.63, 3.8) is 0 Å². The van der Waals surface area contributed by atoms with Crippen LogP contribution >= 0.6 is 34.8 Å². The summed E-state index contributed by atoms with van der Waals surface area (Å²) in [5.41, 5.74) is -0.378. The summed E-state index contributed by atoms with van der Waals surface area (Å²) in [6.07, 6.45) is 0. The van der Waals surface area contributed by atoms with E-state index in [0.717, 1.165) is 0 Å². The Morgan fingerprint density at radius 3 is 2.25 bits per heavy atom. The first-order valence-electron chi connectivity index (χ1n) is 3.95. The summed E-state index contributed by atoms with van der Waals surface area (Å²) in [5.74, 6) is 0. The van der Waals surface area contributed by atoms with Gasteiger partial charge in [0.2, 0.25) is 0 Å². The second-order valence-electron chi connectivity index (χ2n) is 3.80. The van der Waals surface area contributed by atoms with Crippen LogP contribution in [0, 0.1) is 0 Å². The predicted octanol–water partition coefficient (Wildman–Crippen LogP) is 2.48. The largest absolute Gasteiger partial charge is 0.407 e. The Morgan fingerprint density at radius 1 is 1.25 bits per heavy atom. The zero-order chi connectivity index (χ0) is 9.52. The maximum Gasteiger partial charge on any atom is 0.166 e. The molecule has 0 aromatic carbocycles. The first-order chi connectivity index (χ1) is 5.37. The fourth-order valence-electron chi connectivity index (χ4n) is 1.21. The van der Waals surface area contributed by atoms with Gasteiger partial charge in [0.1, 0.15) is 5.56 Å². The van der Waals surface area contributed by atoms with Gasteiger partial charge in [-0.3, -0.25) is 0 Å². The molecule has 1 nitrogen and oxygen atoms in total. The number of rotatable bonds is 0. The van der Waals surface area contributed by atoms with Crippen LogP contribution in [-0.2, 0) is 4.43 Å². The third-order valence-corrected chi connectivity index (χ3v) is 19.1. The van der Waals surface area contributed by atoms with Crippen molar-refractivity contribution < 1.29 is 4.43 Å². The van der Waals surface area contributed by atoms with Gasteiger partial charge in [-0.1, -0.05) is 31.2 Å². The van der Waals surface area contributed by atoms with E-state index < -0.39 is 16.1 Å². The van der Waals surface area contributed by atoms with Gasteiger partial charge in [-0.2, -0.15) is 0 Å². The Morgan fingerprint density at radius 2 is 1.75 bits per heavy atom. The lowest BCUT2D eigenvalue weighted by Gasteiger charge is -2.42. The molecule has 4 unspecified atom stereocenters. The van der Waals surface area contributed by atoms with E-state index in [9.17, 15) is 0 Å². The van der Waals surface area contributed by atoms with Gasteiger partial charge >= 0.3 is 0 Å². The van der Waals surface area contributed by atoms with Gasteiger partial charge in [-0.25, -0.2) is 0 Å². The molecule has 0 amide bonds. The summed E-state index contributed by atoms with van der Waals surface area (Å²) in [5, 5.41) is -0.171. The van der Waals surface area contributed by atoms with Gasteiger partial charge in [-0.05, 0) is 0 Å². The van der Waals surface area contributed by atoms with Crippen LogP contribution in [0.25, 0.3) is 0 Å². The van der Waals surface area contributed by atoms with Crippen molar-refractivity contribution in [1.29, 1.82) is 0 Å². The normalized spacial score (nSPS) is 47.5. The van der Waals surface area contributed by atoms with Crippen molar-refractivity contribution in [2.45, 2.75) is 35.6 Å². The molecule has 1 aliphatic heterocycles. The van der Waals surface area contributed by atoms with Crippen molar-refractivity contribution in [1.82, 2.24) is 0 Å². The molecule has 1 aliphatic rings. The lowest BCUT2D eigenvalue weighted by molar-refractivity contribution is 0.280. The third kappa shape index (κ3) is 1.86. The quantitative estimate of drug-likeness (QED) is 0.482. The molecule has 72 valence electrons. The van der Waals surface area contributed by atoms with E-state index in [1.54, 1.807) is 0 Å². The second-order valence-corrected chi connectivity index (χ2v) is 18.3. The molecule has 0 saturated carbocycles. The minimum atomic E-state index is -1.44. The smallest absolute Gasteiger partial charge is 0.166 e. The summed E-state index contributed by atoms with van der Waals surface area (Å²) in [7, 11) is -2.60. The third-order valence-electron chi connectivity index (χ3n) is 2.62. The maximum absolute atomic E-state index is 6.25. The van der Waals surface area contributed by atoms with Crippen LogP contribution < -0.4 is 0 Å². The van der Waals surface area contributed by atoms with Gasteiger partial charge in [0, 0.05) is 5.00 Å². The molecule has 0 radical (unpaired) electrons. The summed E-state index contributed by atoms with van der Waals surface area (Å²) >= 11 is 18.2. The Hall–Kier alpha value is 1.26. The first kappa shape index (κ1) is 11.3. The van der Waals surface area contributed by atoms with Gasteiger partial charge in [0.25, 0.3) is 0 Å². The lowest BCUT2D eigenvalue weighted by atomic mass is 10.5. The fraction of sp³-hybridized carbons (Fsp3) is 1.00. The van der Waals surface area contributed by atoms with E-state index in [1.807, 2.05) is 0 Å². The van der Waals surface area contributed by atoms with Crippen molar-refractivity contribution in [2.75, 3.05) is 0 Å². The highest BCUT2D eigenvalue weighted by molar-refractivity contribution is 7.32. The average Bonchev–Trinajstić information content (AvgIpc) is 1.99. The molecule has 1 rings (SSSR count). The topological polar surface area (TPSA) is 9.23 Å². The van der Waals surface area contributed by atoms with Crippen LogP contribution in [0.4, 0.5) is 0 Å². The zero-order valence-corrected chi connectivity index (χ0v) is 11.8. The first-order valence-corrected chi connectivity index (χ1v) is 11.8. The van der Waals surface area contributed by atoms with Crippen molar-refractivity contribution in [2.24, 2.45) is 0 Å². The van der Waals surface area contributed by atoms with Crippen LogP contribution in [0.1, 0.15) is 0 Å². The monoisotopic (exact) mass is 262 g/mol. The van der Waals surface area contributed by atoms with Gasteiger partial charge in [0.05, 0.1) is 13.0 Å². The molecule has 0 aromatic rings. The predicted molar refractivity (Wildman–Crippen MR) is 60.5 cm³/mol. The molecule has 6 heteroatoms. The maximum atomic E-state index is 6.25. The minimum Gasteiger partial charge on any atom is -0.407 e. The van der Waals surface area contributed by atoms with Crippen LogP contribution in [0.15, 0.2) is 0 Å². The summed E-state index contributed by atoms with van der Waals surface area (Å²) in [6.45, 7) is 6.64. The minimum absolute atomic E-state index is 0.0529. The highest BCUT2D eigenvalue weighted by Crippen LogP contribution is 2.34. The van der Waals surface area contributed by atoms with Gasteiger partial charge < -0.3 is 4.43 Å². The molecule has 12 heavy (non-hydrogen) atoms. The van der Waals surface area contributed by atoms with E-state index >= 15 is 0 Å². The molecule has 0 N–H and O–H groups in total. The molecule has 1 heterocycles. The average molecular weight is 264 g/mol. The van der Waals surface area contributed by atoms with Crippen molar-refractivity contribution >= 4 is 51.0 Å². The van der Waals surface area contributed by atoms with E-state index in [4.69, 9.17) is 39.2 Å². The number of alkyl halides is 3. The molecule has 0 spiro atoms. The lowest BCUT2D eigenvalue weighted by Crippen LogP contribution is -2.63. The van der Waals surface area contributed by atoms with E-state index in [1.165, 1.54) is 0 Å². The Balaban J connectivity index is 2.80. The van der Waals surface area contributed by atoms with Crippen LogP contribution in [0.3, 0.4) is 0 Å². The Kier molecular flexibility index (Phi) is 3.58. The molecule has 0 aliphatic carbocycles. The molecule has 0 bridgehead atoms. The molecule has 4 atom stereocenters. The molecule has 1 fully saturated rings. The van der Waals surface area contributed by atoms with Gasteiger partial charge in [0.15, 0.2) is 8.56 Å². The number of hydrogen-bond acceptors (Lipinski definition) is 1. The van der Waals surface area contributed by atoms with Crippen LogP contribution in [0.2, 0.25) is 19.6 Å². The fourth-order valence-corrected chi connectivity index (χ4v) is 11.3. The second kappa shape index (κ2) is 3.79. The standard InChI is InChI=1S/C6H13Cl3OSi2/c1-11-10-5(8)4(7)6(9)12(11,2)3/h4-6,11H,1-3H3. The SMILES string of the molecule is C[SiH]1OC(Cl)C(Cl)C(Cl)[Si]1(C)C. The summed E-state index contributed by atoms with van der Waals surface area (Å²) in [4.78, 5) is 0. The van der Waals surface area contributed by atoms with Crippen molar-refractivity contribution in [3.8, 4) is 0 Å². The Bertz CT molecular complexity index is 178. The summed E-state index contributed by atoms with van der Waals surface area (Å²) < 4.78 is 5.63. The van der Waals surface area contributed by atoms with E-state index in [2.05, 4.69) is 19.6 Å². The highest BCUT2D eigenvalue weighted by Gasteiger charge is 2.49. The summed E-state index contributed by atoms with van der Waals surface area (Å²) in [6, 6.07) is 0. The van der Waals surface area contributed by atoms with Gasteiger partial charge in [-0.15, -0.1) is 23.2 Å². The Labute approximate surface area is 90.9 Å². The highest BCUT2D eigenvalue weighted by atomic mass is 35.5. The van der Waals surface area contributed by atoms with Crippen LogP contribution in [-0.4, -0.2) is 32.1 Å². The van der Waals surface area contributed by atoms with Crippen LogP contribution in [0.5, 0.6) is 0 Å². The van der Waals surface area contributed by atoms with Crippen molar-refractivity contribution in [3.05, 3.63) is 0 Å².